The zero-order valence-corrected chi connectivity index (χ0v) is 16.1. The van der Waals surface area contributed by atoms with Crippen LogP contribution in [0.1, 0.15) is 34.9 Å². The first-order valence-corrected chi connectivity index (χ1v) is 9.04. The summed E-state index contributed by atoms with van der Waals surface area (Å²) in [5.74, 6) is -0.344. The fourth-order valence-corrected chi connectivity index (χ4v) is 3.58. The molecule has 0 aliphatic rings. The fourth-order valence-electron chi connectivity index (χ4n) is 2.66. The molecule has 0 aliphatic carbocycles. The zero-order chi connectivity index (χ0) is 18.6. The molecule has 134 valence electrons. The smallest absolute Gasteiger partial charge is 0.328 e. The van der Waals surface area contributed by atoms with E-state index in [1.54, 1.807) is 7.05 Å². The number of carbonyl (C=O) groups excluding carboxylic acids is 2. The van der Waals surface area contributed by atoms with Crippen molar-refractivity contribution >= 4 is 23.2 Å². The number of esters is 1. The van der Waals surface area contributed by atoms with Gasteiger partial charge in [0.2, 0.25) is 0 Å². The van der Waals surface area contributed by atoms with Gasteiger partial charge in [-0.05, 0) is 19.3 Å². The van der Waals surface area contributed by atoms with Crippen molar-refractivity contribution in [3.63, 3.8) is 0 Å². The van der Waals surface area contributed by atoms with Gasteiger partial charge in [-0.2, -0.15) is 0 Å². The molecule has 0 bridgehead atoms. The van der Waals surface area contributed by atoms with Gasteiger partial charge in [0, 0.05) is 12.6 Å². The minimum absolute atomic E-state index is 0.208. The predicted molar refractivity (Wildman–Crippen MR) is 99.6 cm³/mol. The van der Waals surface area contributed by atoms with Crippen molar-refractivity contribution in [3.05, 3.63) is 40.2 Å². The molecule has 1 aromatic carbocycles. The highest BCUT2D eigenvalue weighted by Gasteiger charge is 2.31. The molecule has 1 atom stereocenters. The van der Waals surface area contributed by atoms with Crippen LogP contribution in [-0.4, -0.2) is 42.0 Å². The molecule has 5 nitrogen and oxygen atoms in total. The van der Waals surface area contributed by atoms with Crippen molar-refractivity contribution in [3.8, 4) is 11.3 Å². The average molecular weight is 360 g/mol. The summed E-state index contributed by atoms with van der Waals surface area (Å²) in [6.45, 7) is 5.90. The number of thiazole rings is 1. The molecule has 2 aromatic rings. The first-order valence-electron chi connectivity index (χ1n) is 8.23. The van der Waals surface area contributed by atoms with Crippen LogP contribution in [0.25, 0.3) is 11.3 Å². The molecular formula is C19H24N2O3S. The predicted octanol–water partition coefficient (Wildman–Crippen LogP) is 3.78. The number of rotatable bonds is 6. The van der Waals surface area contributed by atoms with Crippen LogP contribution < -0.4 is 0 Å². The SMILES string of the molecule is COC(=O)C(CC(C)C)N(C)C(=O)c1sc(C)nc1-c1ccccc1. The standard InChI is InChI=1S/C19H24N2O3S/c1-12(2)11-15(19(23)24-5)21(4)18(22)17-16(20-13(3)25-17)14-9-7-6-8-10-14/h6-10,12,15H,11H2,1-5H3. The van der Waals surface area contributed by atoms with E-state index in [0.29, 0.717) is 17.0 Å². The van der Waals surface area contributed by atoms with E-state index >= 15 is 0 Å². The minimum atomic E-state index is -0.608. The van der Waals surface area contributed by atoms with Crippen molar-refractivity contribution < 1.29 is 14.3 Å². The number of aryl methyl sites for hydroxylation is 1. The molecular weight excluding hydrogens is 336 g/mol. The molecule has 0 aliphatic heterocycles. The Bertz CT molecular complexity index is 740. The van der Waals surface area contributed by atoms with Crippen molar-refractivity contribution in [1.82, 2.24) is 9.88 Å². The number of carbonyl (C=O) groups is 2. The molecule has 0 radical (unpaired) electrons. The molecule has 0 N–H and O–H groups in total. The lowest BCUT2D eigenvalue weighted by molar-refractivity contribution is -0.146. The summed E-state index contributed by atoms with van der Waals surface area (Å²) in [6, 6.07) is 9.00. The van der Waals surface area contributed by atoms with Crippen LogP contribution in [0.2, 0.25) is 0 Å². The van der Waals surface area contributed by atoms with Gasteiger partial charge in [0.1, 0.15) is 10.9 Å². The molecule has 0 fully saturated rings. The van der Waals surface area contributed by atoms with Crippen LogP contribution in [-0.2, 0) is 9.53 Å². The van der Waals surface area contributed by atoms with Crippen LogP contribution in [0.15, 0.2) is 30.3 Å². The Kier molecular flexibility index (Phi) is 6.31. The van der Waals surface area contributed by atoms with E-state index < -0.39 is 12.0 Å². The fraction of sp³-hybridized carbons (Fsp3) is 0.421. The summed E-state index contributed by atoms with van der Waals surface area (Å²) in [5.41, 5.74) is 1.55. The van der Waals surface area contributed by atoms with Gasteiger partial charge in [0.15, 0.2) is 0 Å². The molecule has 1 unspecified atom stereocenters. The number of likely N-dealkylation sites (N-methyl/N-ethyl adjacent to an activating group) is 1. The number of hydrogen-bond acceptors (Lipinski definition) is 5. The van der Waals surface area contributed by atoms with Crippen LogP contribution in [0, 0.1) is 12.8 Å². The molecule has 0 spiro atoms. The maximum Gasteiger partial charge on any atom is 0.328 e. The van der Waals surface area contributed by atoms with Gasteiger partial charge in [0.05, 0.1) is 17.8 Å². The van der Waals surface area contributed by atoms with E-state index in [4.69, 9.17) is 4.74 Å². The van der Waals surface area contributed by atoms with Gasteiger partial charge >= 0.3 is 5.97 Å². The monoisotopic (exact) mass is 360 g/mol. The summed E-state index contributed by atoms with van der Waals surface area (Å²) in [5, 5.41) is 0.814. The Morgan fingerprint density at radius 2 is 1.88 bits per heavy atom. The van der Waals surface area contributed by atoms with E-state index in [2.05, 4.69) is 4.98 Å². The Hall–Kier alpha value is -2.21. The van der Waals surface area contributed by atoms with E-state index in [9.17, 15) is 9.59 Å². The normalized spacial score (nSPS) is 12.1. The number of nitrogens with zero attached hydrogens (tertiary/aromatic N) is 2. The zero-order valence-electron chi connectivity index (χ0n) is 15.3. The van der Waals surface area contributed by atoms with Gasteiger partial charge in [-0.1, -0.05) is 44.2 Å². The van der Waals surface area contributed by atoms with Gasteiger partial charge in [-0.15, -0.1) is 11.3 Å². The lowest BCUT2D eigenvalue weighted by Crippen LogP contribution is -2.43. The molecule has 0 saturated carbocycles. The van der Waals surface area contributed by atoms with Crippen LogP contribution in [0.3, 0.4) is 0 Å². The summed E-state index contributed by atoms with van der Waals surface area (Å²) >= 11 is 1.35. The molecule has 25 heavy (non-hydrogen) atoms. The molecule has 0 saturated heterocycles. The van der Waals surface area contributed by atoms with Crippen LogP contribution >= 0.6 is 11.3 Å². The molecule has 1 amide bonds. The van der Waals surface area contributed by atoms with Gasteiger partial charge in [-0.3, -0.25) is 4.79 Å². The quantitative estimate of drug-likeness (QED) is 0.736. The number of hydrogen-bond donors (Lipinski definition) is 0. The highest BCUT2D eigenvalue weighted by molar-refractivity contribution is 7.14. The minimum Gasteiger partial charge on any atom is -0.467 e. The van der Waals surface area contributed by atoms with Crippen molar-refractivity contribution in [1.29, 1.82) is 0 Å². The third kappa shape index (κ3) is 4.45. The van der Waals surface area contributed by atoms with E-state index in [1.807, 2.05) is 51.1 Å². The van der Waals surface area contributed by atoms with Crippen molar-refractivity contribution in [2.45, 2.75) is 33.2 Å². The first-order chi connectivity index (χ1) is 11.8. The number of aromatic nitrogens is 1. The third-order valence-corrected chi connectivity index (χ3v) is 4.89. The van der Waals surface area contributed by atoms with Crippen molar-refractivity contribution in [2.24, 2.45) is 5.92 Å². The largest absolute Gasteiger partial charge is 0.467 e. The number of methoxy groups -OCH3 is 1. The Labute approximate surface area is 152 Å². The second kappa shape index (κ2) is 8.25. The van der Waals surface area contributed by atoms with Gasteiger partial charge < -0.3 is 9.64 Å². The summed E-state index contributed by atoms with van der Waals surface area (Å²) < 4.78 is 4.90. The molecule has 2 rings (SSSR count). The average Bonchev–Trinajstić information content (AvgIpc) is 3.00. The highest BCUT2D eigenvalue weighted by Crippen LogP contribution is 2.29. The summed E-state index contributed by atoms with van der Waals surface area (Å²) in [4.78, 5) is 31.8. The maximum atomic E-state index is 13.1. The summed E-state index contributed by atoms with van der Waals surface area (Å²) in [7, 11) is 3.00. The van der Waals surface area contributed by atoms with Crippen LogP contribution in [0.4, 0.5) is 0 Å². The second-order valence-corrected chi connectivity index (χ2v) is 7.56. The Morgan fingerprint density at radius 1 is 1.24 bits per heavy atom. The van der Waals surface area contributed by atoms with E-state index in [0.717, 1.165) is 10.6 Å². The highest BCUT2D eigenvalue weighted by atomic mass is 32.1. The second-order valence-electron chi connectivity index (χ2n) is 6.36. The first kappa shape index (κ1) is 19.1. The van der Waals surface area contributed by atoms with Crippen LogP contribution in [0.5, 0.6) is 0 Å². The number of ether oxygens (including phenoxy) is 1. The Balaban J connectivity index is 2.38. The maximum absolute atomic E-state index is 13.1. The van der Waals surface area contributed by atoms with Crippen molar-refractivity contribution in [2.75, 3.05) is 14.2 Å². The third-order valence-electron chi connectivity index (χ3n) is 3.93. The molecule has 1 aromatic heterocycles. The van der Waals surface area contributed by atoms with E-state index in [-0.39, 0.29) is 11.8 Å². The number of benzene rings is 1. The van der Waals surface area contributed by atoms with Gasteiger partial charge in [0.25, 0.3) is 5.91 Å². The summed E-state index contributed by atoms with van der Waals surface area (Å²) in [6.07, 6.45) is 0.549. The Morgan fingerprint density at radius 3 is 2.44 bits per heavy atom. The molecule has 6 heteroatoms. The topological polar surface area (TPSA) is 59.5 Å². The lowest BCUT2D eigenvalue weighted by atomic mass is 10.0. The van der Waals surface area contributed by atoms with Gasteiger partial charge in [-0.25, -0.2) is 9.78 Å². The number of amides is 1. The molecule has 1 heterocycles. The van der Waals surface area contributed by atoms with E-state index in [1.165, 1.54) is 23.3 Å². The lowest BCUT2D eigenvalue weighted by Gasteiger charge is -2.27.